The lowest BCUT2D eigenvalue weighted by molar-refractivity contribution is 0.0315. The molecule has 0 N–H and O–H groups in total. The molecular formula is C13H16N4OS. The number of tetrazole rings is 1. The van der Waals surface area contributed by atoms with E-state index in [9.17, 15) is 0 Å². The summed E-state index contributed by atoms with van der Waals surface area (Å²) in [6, 6.07) is 9.94. The van der Waals surface area contributed by atoms with Crippen LogP contribution in [0.5, 0.6) is 0 Å². The number of benzene rings is 1. The molecule has 0 radical (unpaired) electrons. The van der Waals surface area contributed by atoms with Crippen molar-refractivity contribution in [2.24, 2.45) is 0 Å². The van der Waals surface area contributed by atoms with E-state index in [0.717, 1.165) is 29.6 Å². The Morgan fingerprint density at radius 2 is 2.16 bits per heavy atom. The Labute approximate surface area is 116 Å². The van der Waals surface area contributed by atoms with Gasteiger partial charge in [-0.25, -0.2) is 0 Å². The van der Waals surface area contributed by atoms with Gasteiger partial charge in [0.15, 0.2) is 0 Å². The molecule has 3 rings (SSSR count). The van der Waals surface area contributed by atoms with Crippen molar-refractivity contribution in [1.29, 1.82) is 0 Å². The van der Waals surface area contributed by atoms with E-state index in [1.807, 2.05) is 30.3 Å². The lowest BCUT2D eigenvalue weighted by Gasteiger charge is -2.21. The Kier molecular flexibility index (Phi) is 4.10. The molecule has 0 amide bonds. The quantitative estimate of drug-likeness (QED) is 0.802. The number of thioether (sulfide) groups is 1. The first-order valence-corrected chi connectivity index (χ1v) is 7.50. The topological polar surface area (TPSA) is 52.8 Å². The van der Waals surface area contributed by atoms with E-state index in [2.05, 4.69) is 15.5 Å². The van der Waals surface area contributed by atoms with Crippen molar-refractivity contribution in [3.05, 3.63) is 30.3 Å². The Hall–Kier alpha value is -1.40. The summed E-state index contributed by atoms with van der Waals surface area (Å²) in [7, 11) is 0. The van der Waals surface area contributed by atoms with Gasteiger partial charge in [-0.1, -0.05) is 30.0 Å². The van der Waals surface area contributed by atoms with Gasteiger partial charge in [0.05, 0.1) is 11.8 Å². The van der Waals surface area contributed by atoms with Gasteiger partial charge >= 0.3 is 0 Å². The van der Waals surface area contributed by atoms with Gasteiger partial charge in [0.25, 0.3) is 0 Å². The zero-order valence-corrected chi connectivity index (χ0v) is 11.4. The number of ether oxygens (including phenoxy) is 1. The first-order chi connectivity index (χ1) is 9.43. The van der Waals surface area contributed by atoms with Gasteiger partial charge in [-0.15, -0.1) is 5.10 Å². The van der Waals surface area contributed by atoms with Gasteiger partial charge in [-0.05, 0) is 41.8 Å². The molecule has 0 spiro atoms. The second-order valence-corrected chi connectivity index (χ2v) is 5.50. The molecule has 1 saturated heterocycles. The Morgan fingerprint density at radius 3 is 2.95 bits per heavy atom. The molecule has 5 nitrogen and oxygen atoms in total. The number of rotatable bonds is 4. The minimum absolute atomic E-state index is 0.333. The van der Waals surface area contributed by atoms with E-state index in [-0.39, 0.29) is 0 Å². The number of hydrogen-bond donors (Lipinski definition) is 0. The summed E-state index contributed by atoms with van der Waals surface area (Å²) in [5.74, 6) is 0.910. The zero-order valence-electron chi connectivity index (χ0n) is 10.6. The third-order valence-corrected chi connectivity index (χ3v) is 4.17. The van der Waals surface area contributed by atoms with Crippen LogP contribution >= 0.6 is 11.8 Å². The summed E-state index contributed by atoms with van der Waals surface area (Å²) in [6.45, 7) is 0.884. The molecule has 2 aromatic rings. The molecule has 1 unspecified atom stereocenters. The molecule has 100 valence electrons. The maximum atomic E-state index is 5.72. The van der Waals surface area contributed by atoms with Crippen LogP contribution in [0.2, 0.25) is 0 Å². The fourth-order valence-corrected chi connectivity index (χ4v) is 3.06. The van der Waals surface area contributed by atoms with Crippen LogP contribution in [0.1, 0.15) is 19.3 Å². The van der Waals surface area contributed by atoms with Gasteiger partial charge in [-0.3, -0.25) is 0 Å². The third-order valence-electron chi connectivity index (χ3n) is 3.11. The van der Waals surface area contributed by atoms with E-state index >= 15 is 0 Å². The normalized spacial score (nSPS) is 19.5. The second-order valence-electron chi connectivity index (χ2n) is 4.51. The van der Waals surface area contributed by atoms with Crippen LogP contribution in [0.15, 0.2) is 35.5 Å². The lowest BCUT2D eigenvalue weighted by Crippen LogP contribution is -2.21. The minimum atomic E-state index is 0.333. The molecule has 1 atom stereocenters. The van der Waals surface area contributed by atoms with Crippen molar-refractivity contribution < 1.29 is 4.74 Å². The molecule has 0 aliphatic carbocycles. The van der Waals surface area contributed by atoms with E-state index in [0.29, 0.717) is 6.10 Å². The number of nitrogens with zero attached hydrogens (tertiary/aromatic N) is 4. The summed E-state index contributed by atoms with van der Waals surface area (Å²) < 4.78 is 7.49. The van der Waals surface area contributed by atoms with Gasteiger partial charge < -0.3 is 4.74 Å². The van der Waals surface area contributed by atoms with Crippen molar-refractivity contribution in [1.82, 2.24) is 20.2 Å². The number of hydrogen-bond acceptors (Lipinski definition) is 5. The van der Waals surface area contributed by atoms with Crippen molar-refractivity contribution >= 4 is 11.8 Å². The predicted molar refractivity (Wildman–Crippen MR) is 73.5 cm³/mol. The van der Waals surface area contributed by atoms with Crippen LogP contribution in [0.25, 0.3) is 5.69 Å². The van der Waals surface area contributed by atoms with Crippen molar-refractivity contribution in [3.8, 4) is 5.69 Å². The van der Waals surface area contributed by atoms with Crippen LogP contribution in [0, 0.1) is 0 Å². The Balaban J connectivity index is 1.67. The van der Waals surface area contributed by atoms with E-state index in [1.165, 1.54) is 12.8 Å². The highest BCUT2D eigenvalue weighted by atomic mass is 32.2. The molecule has 1 aliphatic rings. The number of aromatic nitrogens is 4. The van der Waals surface area contributed by atoms with E-state index in [1.54, 1.807) is 16.4 Å². The Bertz CT molecular complexity index is 510. The maximum Gasteiger partial charge on any atom is 0.214 e. The summed E-state index contributed by atoms with van der Waals surface area (Å²) in [5, 5.41) is 12.7. The maximum absolute atomic E-state index is 5.72. The molecule has 6 heteroatoms. The molecule has 1 aromatic heterocycles. The van der Waals surface area contributed by atoms with Crippen LogP contribution in [-0.2, 0) is 4.74 Å². The SMILES string of the molecule is c1ccc(-n2nnnc2SCC2CCCCO2)cc1. The zero-order chi connectivity index (χ0) is 12.9. The van der Waals surface area contributed by atoms with Gasteiger partial charge in [-0.2, -0.15) is 4.68 Å². The standard InChI is InChI=1S/C13H16N4OS/c1-2-6-11(7-3-1)17-13(14-15-16-17)19-10-12-8-4-5-9-18-12/h1-3,6-7,12H,4-5,8-10H2. The highest BCUT2D eigenvalue weighted by Crippen LogP contribution is 2.23. The van der Waals surface area contributed by atoms with Crippen molar-refractivity contribution in [2.75, 3.05) is 12.4 Å². The van der Waals surface area contributed by atoms with Gasteiger partial charge in [0, 0.05) is 12.4 Å². The van der Waals surface area contributed by atoms with Crippen molar-refractivity contribution in [3.63, 3.8) is 0 Å². The fraction of sp³-hybridized carbons (Fsp3) is 0.462. The highest BCUT2D eigenvalue weighted by Gasteiger charge is 2.16. The minimum Gasteiger partial charge on any atom is -0.377 e. The first kappa shape index (κ1) is 12.6. The van der Waals surface area contributed by atoms with Crippen LogP contribution in [0.3, 0.4) is 0 Å². The third kappa shape index (κ3) is 3.13. The van der Waals surface area contributed by atoms with Crippen LogP contribution < -0.4 is 0 Å². The molecule has 1 fully saturated rings. The monoisotopic (exact) mass is 276 g/mol. The predicted octanol–water partition coefficient (Wildman–Crippen LogP) is 2.32. The summed E-state index contributed by atoms with van der Waals surface area (Å²) in [6.07, 6.45) is 3.91. The van der Waals surface area contributed by atoms with Gasteiger partial charge in [0.1, 0.15) is 0 Å². The van der Waals surface area contributed by atoms with E-state index < -0.39 is 0 Å². The second kappa shape index (κ2) is 6.16. The summed E-state index contributed by atoms with van der Waals surface area (Å²) >= 11 is 1.66. The van der Waals surface area contributed by atoms with Crippen LogP contribution in [0.4, 0.5) is 0 Å². The smallest absolute Gasteiger partial charge is 0.214 e. The summed E-state index contributed by atoms with van der Waals surface area (Å²) in [4.78, 5) is 0. The molecule has 2 heterocycles. The average Bonchev–Trinajstić information content (AvgIpc) is 2.95. The molecule has 1 aliphatic heterocycles. The fourth-order valence-electron chi connectivity index (χ4n) is 2.11. The molecule has 0 bridgehead atoms. The Morgan fingerprint density at radius 1 is 1.26 bits per heavy atom. The summed E-state index contributed by atoms with van der Waals surface area (Å²) in [5.41, 5.74) is 0.986. The molecule has 1 aromatic carbocycles. The highest BCUT2D eigenvalue weighted by molar-refractivity contribution is 7.99. The van der Waals surface area contributed by atoms with E-state index in [4.69, 9.17) is 4.74 Å². The molecule has 19 heavy (non-hydrogen) atoms. The lowest BCUT2D eigenvalue weighted by atomic mass is 10.1. The van der Waals surface area contributed by atoms with Gasteiger partial charge in [0.2, 0.25) is 5.16 Å². The van der Waals surface area contributed by atoms with Crippen molar-refractivity contribution in [2.45, 2.75) is 30.5 Å². The average molecular weight is 276 g/mol. The largest absolute Gasteiger partial charge is 0.377 e. The van der Waals surface area contributed by atoms with Crippen LogP contribution in [-0.4, -0.2) is 38.7 Å². The number of para-hydroxylation sites is 1. The molecule has 0 saturated carbocycles. The molecular weight excluding hydrogens is 260 g/mol. The first-order valence-electron chi connectivity index (χ1n) is 6.52.